The second-order valence-electron chi connectivity index (χ2n) is 5.23. The van der Waals surface area contributed by atoms with E-state index in [-0.39, 0.29) is 0 Å². The summed E-state index contributed by atoms with van der Waals surface area (Å²) in [4.78, 5) is 4.42. The minimum atomic E-state index is 0.409. The number of rotatable bonds is 4. The quantitative estimate of drug-likeness (QED) is 0.795. The van der Waals surface area contributed by atoms with Crippen molar-refractivity contribution in [1.29, 1.82) is 0 Å². The van der Waals surface area contributed by atoms with E-state index >= 15 is 0 Å². The zero-order valence-corrected chi connectivity index (χ0v) is 11.7. The van der Waals surface area contributed by atoms with E-state index in [1.165, 1.54) is 25.7 Å². The molecule has 0 aliphatic heterocycles. The van der Waals surface area contributed by atoms with Crippen molar-refractivity contribution in [2.75, 3.05) is 5.33 Å². The number of hydrogen-bond donors (Lipinski definition) is 0. The van der Waals surface area contributed by atoms with Gasteiger partial charge in [0.1, 0.15) is 12.2 Å². The molecule has 90 valence electrons. The van der Waals surface area contributed by atoms with Crippen molar-refractivity contribution < 1.29 is 0 Å². The van der Waals surface area contributed by atoms with E-state index in [1.54, 1.807) is 6.33 Å². The normalized spacial score (nSPS) is 19.5. The van der Waals surface area contributed by atoms with Gasteiger partial charge in [-0.1, -0.05) is 28.8 Å². The first-order chi connectivity index (χ1) is 7.67. The number of nitrogens with zero attached hydrogens (tertiary/aromatic N) is 3. The van der Waals surface area contributed by atoms with Crippen LogP contribution in [0.5, 0.6) is 0 Å². The van der Waals surface area contributed by atoms with Crippen LogP contribution in [0, 0.1) is 5.41 Å². The molecule has 1 aromatic heterocycles. The maximum absolute atomic E-state index is 4.42. The fourth-order valence-electron chi connectivity index (χ4n) is 2.65. The minimum absolute atomic E-state index is 0.409. The lowest BCUT2D eigenvalue weighted by Crippen LogP contribution is -2.24. The fourth-order valence-corrected chi connectivity index (χ4v) is 3.41. The van der Waals surface area contributed by atoms with Gasteiger partial charge in [-0.05, 0) is 32.1 Å². The molecule has 0 spiro atoms. The van der Waals surface area contributed by atoms with Crippen LogP contribution in [0.4, 0.5) is 0 Å². The number of alkyl halides is 1. The van der Waals surface area contributed by atoms with Crippen molar-refractivity contribution in [3.05, 3.63) is 12.2 Å². The van der Waals surface area contributed by atoms with Gasteiger partial charge in [0.05, 0.1) is 0 Å². The second kappa shape index (κ2) is 4.86. The summed E-state index contributed by atoms with van der Waals surface area (Å²) in [6.45, 7) is 4.32. The van der Waals surface area contributed by atoms with Gasteiger partial charge in [-0.15, -0.1) is 0 Å². The molecule has 0 radical (unpaired) electrons. The average molecular weight is 286 g/mol. The Hall–Kier alpha value is -0.380. The summed E-state index contributed by atoms with van der Waals surface area (Å²) in [5, 5.41) is 5.40. The van der Waals surface area contributed by atoms with Crippen LogP contribution in [0.25, 0.3) is 0 Å². The molecular weight excluding hydrogens is 266 g/mol. The summed E-state index contributed by atoms with van der Waals surface area (Å²) < 4.78 is 2.06. The highest BCUT2D eigenvalue weighted by atomic mass is 79.9. The van der Waals surface area contributed by atoms with Crippen molar-refractivity contribution in [2.24, 2.45) is 5.41 Å². The molecule has 1 saturated carbocycles. The topological polar surface area (TPSA) is 30.7 Å². The maximum Gasteiger partial charge on any atom is 0.138 e. The van der Waals surface area contributed by atoms with Crippen LogP contribution >= 0.6 is 15.9 Å². The third-order valence-electron chi connectivity index (χ3n) is 3.62. The standard InChI is InChI=1S/C12H20BrN3/c1-10(2)16-11(14-9-15-16)7-12(8-13)5-3-4-6-12/h9-10H,3-8H2,1-2H3. The summed E-state index contributed by atoms with van der Waals surface area (Å²) >= 11 is 3.68. The molecule has 0 amide bonds. The fraction of sp³-hybridized carbons (Fsp3) is 0.833. The molecule has 1 aliphatic carbocycles. The average Bonchev–Trinajstić information content (AvgIpc) is 2.88. The van der Waals surface area contributed by atoms with E-state index in [0.29, 0.717) is 11.5 Å². The first kappa shape index (κ1) is 12.1. The Balaban J connectivity index is 2.16. The highest BCUT2D eigenvalue weighted by Crippen LogP contribution is 2.42. The van der Waals surface area contributed by atoms with Gasteiger partial charge in [-0.25, -0.2) is 9.67 Å². The van der Waals surface area contributed by atoms with Crippen molar-refractivity contribution in [2.45, 2.75) is 52.0 Å². The van der Waals surface area contributed by atoms with Crippen molar-refractivity contribution in [3.63, 3.8) is 0 Å². The molecule has 3 nitrogen and oxygen atoms in total. The second-order valence-corrected chi connectivity index (χ2v) is 5.79. The maximum atomic E-state index is 4.42. The van der Waals surface area contributed by atoms with Crippen LogP contribution in [0.2, 0.25) is 0 Å². The van der Waals surface area contributed by atoms with Gasteiger partial charge in [0, 0.05) is 17.8 Å². The molecule has 0 aromatic carbocycles. The highest BCUT2D eigenvalue weighted by Gasteiger charge is 2.34. The molecule has 1 aliphatic rings. The predicted octanol–water partition coefficient (Wildman–Crippen LogP) is 3.36. The zero-order chi connectivity index (χ0) is 11.6. The van der Waals surface area contributed by atoms with Crippen LogP contribution in [0.3, 0.4) is 0 Å². The van der Waals surface area contributed by atoms with Gasteiger partial charge in [0.2, 0.25) is 0 Å². The third-order valence-corrected chi connectivity index (χ3v) is 4.81. The number of hydrogen-bond acceptors (Lipinski definition) is 2. The van der Waals surface area contributed by atoms with Crippen molar-refractivity contribution in [3.8, 4) is 0 Å². The van der Waals surface area contributed by atoms with Gasteiger partial charge in [-0.2, -0.15) is 5.10 Å². The lowest BCUT2D eigenvalue weighted by atomic mass is 9.85. The van der Waals surface area contributed by atoms with E-state index < -0.39 is 0 Å². The monoisotopic (exact) mass is 285 g/mol. The summed E-state index contributed by atoms with van der Waals surface area (Å²) in [7, 11) is 0. The smallest absolute Gasteiger partial charge is 0.138 e. The molecule has 1 aromatic rings. The predicted molar refractivity (Wildman–Crippen MR) is 68.8 cm³/mol. The Morgan fingerprint density at radius 2 is 2.12 bits per heavy atom. The largest absolute Gasteiger partial charge is 0.248 e. The van der Waals surface area contributed by atoms with Crippen molar-refractivity contribution in [1.82, 2.24) is 14.8 Å². The van der Waals surface area contributed by atoms with Crippen LogP contribution in [0.1, 0.15) is 51.4 Å². The SMILES string of the molecule is CC(C)n1ncnc1CC1(CBr)CCCC1. The van der Waals surface area contributed by atoms with Crippen LogP contribution in [0.15, 0.2) is 6.33 Å². The molecule has 0 saturated heterocycles. The van der Waals surface area contributed by atoms with Crippen molar-refractivity contribution >= 4 is 15.9 Å². The molecule has 0 N–H and O–H groups in total. The molecule has 16 heavy (non-hydrogen) atoms. The Bertz CT molecular complexity index is 340. The number of aromatic nitrogens is 3. The molecule has 0 unspecified atom stereocenters. The zero-order valence-electron chi connectivity index (χ0n) is 10.1. The molecule has 4 heteroatoms. The van der Waals surface area contributed by atoms with Crippen LogP contribution in [-0.4, -0.2) is 20.1 Å². The summed E-state index contributed by atoms with van der Waals surface area (Å²) in [5.74, 6) is 1.15. The van der Waals surface area contributed by atoms with Gasteiger partial charge in [0.25, 0.3) is 0 Å². The summed E-state index contributed by atoms with van der Waals surface area (Å²) in [6, 6.07) is 0.409. The van der Waals surface area contributed by atoms with Crippen LogP contribution in [-0.2, 0) is 6.42 Å². The van der Waals surface area contributed by atoms with E-state index in [0.717, 1.165) is 17.6 Å². The molecule has 1 fully saturated rings. The Labute approximate surface area is 106 Å². The van der Waals surface area contributed by atoms with Gasteiger partial charge >= 0.3 is 0 Å². The molecular formula is C12H20BrN3. The highest BCUT2D eigenvalue weighted by molar-refractivity contribution is 9.09. The molecule has 0 bridgehead atoms. The Morgan fingerprint density at radius 3 is 2.69 bits per heavy atom. The van der Waals surface area contributed by atoms with Gasteiger partial charge in [-0.3, -0.25) is 0 Å². The molecule has 2 rings (SSSR count). The van der Waals surface area contributed by atoms with E-state index in [9.17, 15) is 0 Å². The van der Waals surface area contributed by atoms with Gasteiger partial charge < -0.3 is 0 Å². The van der Waals surface area contributed by atoms with Crippen LogP contribution < -0.4 is 0 Å². The lowest BCUT2D eigenvalue weighted by molar-refractivity contribution is 0.326. The van der Waals surface area contributed by atoms with E-state index in [2.05, 4.69) is 44.5 Å². The summed E-state index contributed by atoms with van der Waals surface area (Å²) in [6.07, 6.45) is 8.12. The third kappa shape index (κ3) is 2.31. The van der Waals surface area contributed by atoms with E-state index in [1.807, 2.05) is 0 Å². The molecule has 0 atom stereocenters. The Kier molecular flexibility index (Phi) is 3.67. The first-order valence-electron chi connectivity index (χ1n) is 6.11. The Morgan fingerprint density at radius 1 is 1.44 bits per heavy atom. The first-order valence-corrected chi connectivity index (χ1v) is 7.23. The molecule has 1 heterocycles. The number of halogens is 1. The van der Waals surface area contributed by atoms with E-state index in [4.69, 9.17) is 0 Å². The summed E-state index contributed by atoms with van der Waals surface area (Å²) in [5.41, 5.74) is 0.430. The van der Waals surface area contributed by atoms with Gasteiger partial charge in [0.15, 0.2) is 0 Å². The lowest BCUT2D eigenvalue weighted by Gasteiger charge is -2.26. The minimum Gasteiger partial charge on any atom is -0.248 e.